The number of nitrogens with two attached hydrogens (primary N) is 1. The number of nitrogens with zero attached hydrogens (tertiary/aromatic N) is 3. The maximum absolute atomic E-state index is 13.3. The van der Waals surface area contributed by atoms with Gasteiger partial charge >= 0.3 is 0 Å². The molecule has 38 heavy (non-hydrogen) atoms. The second-order valence-corrected chi connectivity index (χ2v) is 9.73. The third-order valence-corrected chi connectivity index (χ3v) is 6.73. The first-order chi connectivity index (χ1) is 24.6. The third kappa shape index (κ3) is 5.62. The van der Waals surface area contributed by atoms with Gasteiger partial charge in [-0.3, -0.25) is 0 Å². The van der Waals surface area contributed by atoms with E-state index in [-0.39, 0.29) is 51.4 Å². The van der Waals surface area contributed by atoms with Gasteiger partial charge in [-0.25, -0.2) is 18.4 Å². The Labute approximate surface area is 244 Å². The fourth-order valence-corrected chi connectivity index (χ4v) is 4.03. The Kier molecular flexibility index (Phi) is 3.76. The van der Waals surface area contributed by atoms with Gasteiger partial charge in [-0.2, -0.15) is 0 Å². The van der Waals surface area contributed by atoms with Crippen molar-refractivity contribution in [1.29, 1.82) is 0 Å². The van der Waals surface area contributed by atoms with Crippen molar-refractivity contribution in [3.05, 3.63) is 66.3 Å². The minimum atomic E-state index is -5.41. The number of rotatable bonds is 8. The van der Waals surface area contributed by atoms with Crippen LogP contribution in [0.2, 0.25) is 0 Å². The molecule has 4 aromatic rings. The first kappa shape index (κ1) is 13.0. The molecule has 1 aliphatic heterocycles. The summed E-state index contributed by atoms with van der Waals surface area (Å²) in [6, 6.07) is 3.15. The van der Waals surface area contributed by atoms with Gasteiger partial charge < -0.3 is 20.3 Å². The molecule has 1 saturated heterocycles. The van der Waals surface area contributed by atoms with E-state index in [1.54, 1.807) is 0 Å². The number of hydrogen-bond acceptors (Lipinski definition) is 9. The van der Waals surface area contributed by atoms with E-state index in [1.165, 1.54) is 12.1 Å². The van der Waals surface area contributed by atoms with E-state index in [0.717, 1.165) is 24.4 Å². The van der Waals surface area contributed by atoms with Crippen LogP contribution in [-0.4, -0.2) is 48.0 Å². The highest BCUT2D eigenvalue weighted by atomic mass is 32.2. The van der Waals surface area contributed by atoms with Gasteiger partial charge in [-0.15, -0.1) is 0 Å². The van der Waals surface area contributed by atoms with E-state index < -0.39 is 84.2 Å². The Balaban J connectivity index is 1.47. The summed E-state index contributed by atoms with van der Waals surface area (Å²) in [5, 5.41) is 2.31. The molecule has 198 valence electrons. The SMILES string of the molecule is [2H]c1cc(S(=O)(=O)C([2H])(C([2H])([2H])[2H])C([2H])([2H])[2H])ccc1-c1cnc(N)c(-c2onc(-c3ccc(C([2H])([2H])NC4C([2H])([2H])COCC4([2H])[2H])cc3[2H])c2[2H])n1. The van der Waals surface area contributed by atoms with Crippen molar-refractivity contribution >= 4 is 15.7 Å². The number of hydrogen-bond donors (Lipinski definition) is 2. The van der Waals surface area contributed by atoms with Crippen LogP contribution in [-0.2, 0) is 21.1 Å². The molecular weight excluding hydrogens is 502 g/mol. The first-order valence-corrected chi connectivity index (χ1v) is 12.5. The summed E-state index contributed by atoms with van der Waals surface area (Å²) in [7, 11) is -5.41. The molecule has 0 unspecified atom stereocenters. The molecule has 9 nitrogen and oxygen atoms in total. The van der Waals surface area contributed by atoms with E-state index in [2.05, 4.69) is 20.4 Å². The number of anilines is 1. The maximum atomic E-state index is 13.3. The average Bonchev–Trinajstić information content (AvgIpc) is 3.41. The smallest absolute Gasteiger partial charge is 0.189 e. The van der Waals surface area contributed by atoms with Crippen LogP contribution in [0, 0.1) is 0 Å². The molecule has 3 N–H and O–H groups in total. The molecule has 2 aromatic carbocycles. The topological polar surface area (TPSA) is 133 Å². The summed E-state index contributed by atoms with van der Waals surface area (Å²) >= 11 is 0. The van der Waals surface area contributed by atoms with Gasteiger partial charge in [0.15, 0.2) is 27.1 Å². The lowest BCUT2D eigenvalue weighted by molar-refractivity contribution is 0.0776. The van der Waals surface area contributed by atoms with Crippen molar-refractivity contribution in [2.24, 2.45) is 0 Å². The zero-order valence-electron chi connectivity index (χ0n) is 35.5. The highest BCUT2D eigenvalue weighted by molar-refractivity contribution is 7.92. The van der Waals surface area contributed by atoms with Crippen LogP contribution in [0.5, 0.6) is 0 Å². The van der Waals surface area contributed by atoms with Crippen LogP contribution < -0.4 is 11.1 Å². The summed E-state index contributed by atoms with van der Waals surface area (Å²) in [6.45, 7) is -11.0. The zero-order valence-corrected chi connectivity index (χ0v) is 20.3. The van der Waals surface area contributed by atoms with Crippen molar-refractivity contribution in [3.63, 3.8) is 0 Å². The largest absolute Gasteiger partial charge is 0.382 e. The number of nitrogen functional groups attached to an aromatic ring is 1. The van der Waals surface area contributed by atoms with Crippen molar-refractivity contribution in [2.45, 2.75) is 49.1 Å². The normalized spacial score (nSPS) is 24.8. The lowest BCUT2D eigenvalue weighted by Crippen LogP contribution is -2.34. The van der Waals surface area contributed by atoms with Crippen molar-refractivity contribution in [1.82, 2.24) is 20.4 Å². The second kappa shape index (κ2) is 11.0. The molecule has 10 heteroatoms. The number of benzene rings is 2. The van der Waals surface area contributed by atoms with Crippen LogP contribution in [0.15, 0.2) is 70.1 Å². The minimum Gasteiger partial charge on any atom is -0.382 e. The second-order valence-electron chi connectivity index (χ2n) is 7.84. The molecule has 3 heterocycles. The van der Waals surface area contributed by atoms with Gasteiger partial charge in [-0.1, -0.05) is 41.5 Å². The van der Waals surface area contributed by atoms with Gasteiger partial charge in [0.25, 0.3) is 0 Å². The fourth-order valence-electron chi connectivity index (χ4n) is 3.33. The number of nitrogens with one attached hydrogen (secondary N) is 1. The predicted molar refractivity (Wildman–Crippen MR) is 146 cm³/mol. The van der Waals surface area contributed by atoms with Crippen molar-refractivity contribution in [3.8, 4) is 34.0 Å². The summed E-state index contributed by atoms with van der Waals surface area (Å²) < 4.78 is 166. The zero-order chi connectivity index (χ0) is 40.6. The van der Waals surface area contributed by atoms with E-state index >= 15 is 0 Å². The molecule has 1 aliphatic rings. The standard InChI is InChI=1S/C28H31N5O4S/c1-18(2)38(34,35)23-9-7-21(8-10-23)25-17-31-28(29)27(32-25)26-15-24(33-37-26)20-5-3-19(4-6-20)16-30-22-11-13-36-14-12-22/h3-10,15,17-18,22,30H,11-14,16H2,1-2H3,(H2,29,31)/i1D3,2D3,5D,7D,11D2,12D2,15D,16D2,18D. The Bertz CT molecular complexity index is 2180. The molecular formula is C28H31N5O4S. The van der Waals surface area contributed by atoms with Crippen LogP contribution in [0.3, 0.4) is 0 Å². The summed E-state index contributed by atoms with van der Waals surface area (Å²) in [6.07, 6.45) is -3.42. The quantitative estimate of drug-likeness (QED) is 0.326. The van der Waals surface area contributed by atoms with Gasteiger partial charge in [0, 0.05) is 60.7 Å². The predicted octanol–water partition coefficient (Wildman–Crippen LogP) is 4.50. The lowest BCUT2D eigenvalue weighted by atomic mass is 10.1. The molecule has 2 aromatic heterocycles. The Hall–Kier alpha value is -3.60. The summed E-state index contributed by atoms with van der Waals surface area (Å²) in [5.41, 5.74) is 5.21. The minimum absolute atomic E-state index is 0.00112. The van der Waals surface area contributed by atoms with Crippen molar-refractivity contribution < 1.29 is 39.6 Å². The molecule has 0 saturated carbocycles. The van der Waals surface area contributed by atoms with Gasteiger partial charge in [0.05, 0.1) is 26.1 Å². The summed E-state index contributed by atoms with van der Waals surface area (Å²) in [4.78, 5) is 7.40. The molecule has 0 bridgehead atoms. The van der Waals surface area contributed by atoms with Crippen LogP contribution in [0.25, 0.3) is 34.0 Å². The van der Waals surface area contributed by atoms with Crippen molar-refractivity contribution in [2.75, 3.05) is 18.9 Å². The molecule has 1 fully saturated rings. The molecule has 0 amide bonds. The molecule has 0 aliphatic carbocycles. The fraction of sp³-hybridized carbons (Fsp3) is 0.321. The number of aromatic nitrogens is 3. The molecule has 0 spiro atoms. The van der Waals surface area contributed by atoms with E-state index in [9.17, 15) is 8.42 Å². The van der Waals surface area contributed by atoms with Crippen LogP contribution >= 0.6 is 0 Å². The van der Waals surface area contributed by atoms with Crippen LogP contribution in [0.4, 0.5) is 5.82 Å². The Morgan fingerprint density at radius 1 is 1.18 bits per heavy atom. The highest BCUT2D eigenvalue weighted by Gasteiger charge is 2.20. The van der Waals surface area contributed by atoms with Gasteiger partial charge in [0.2, 0.25) is 0 Å². The Morgan fingerprint density at radius 2 is 1.95 bits per heavy atom. The third-order valence-electron chi connectivity index (χ3n) is 5.32. The molecule has 5 rings (SSSR count). The van der Waals surface area contributed by atoms with E-state index in [0.29, 0.717) is 6.07 Å². The average molecular weight is 550 g/mol. The van der Waals surface area contributed by atoms with E-state index in [4.69, 9.17) is 36.9 Å². The summed E-state index contributed by atoms with van der Waals surface area (Å²) in [5.74, 6) is -0.620. The van der Waals surface area contributed by atoms with E-state index in [1.807, 2.05) is 0 Å². The lowest BCUT2D eigenvalue weighted by Gasteiger charge is -2.23. The first-order valence-electron chi connectivity index (χ1n) is 19.0. The van der Waals surface area contributed by atoms with Gasteiger partial charge in [0.1, 0.15) is 5.69 Å². The Morgan fingerprint density at radius 3 is 2.71 bits per heavy atom. The van der Waals surface area contributed by atoms with Gasteiger partial charge in [-0.05, 0) is 44.1 Å². The number of ether oxygens (including phenoxy) is 1. The molecule has 0 radical (unpaired) electrons. The maximum Gasteiger partial charge on any atom is 0.189 e. The monoisotopic (exact) mass is 549 g/mol. The highest BCUT2D eigenvalue weighted by Crippen LogP contribution is 2.30. The molecule has 0 atom stereocenters. The van der Waals surface area contributed by atoms with Crippen LogP contribution in [0.1, 0.15) is 53.9 Å². The number of sulfone groups is 1.